The van der Waals surface area contributed by atoms with E-state index < -0.39 is 44.8 Å². The van der Waals surface area contributed by atoms with E-state index in [0.29, 0.717) is 0 Å². The molecule has 12 heteroatoms. The van der Waals surface area contributed by atoms with Crippen molar-refractivity contribution in [2.45, 2.75) is 23.3 Å². The first-order chi connectivity index (χ1) is 14.5. The molecule has 1 saturated heterocycles. The fourth-order valence-electron chi connectivity index (χ4n) is 3.11. The molecule has 0 bridgehead atoms. The molecule has 1 aliphatic heterocycles. The van der Waals surface area contributed by atoms with E-state index in [4.69, 9.17) is 23.2 Å². The predicted octanol–water partition coefficient (Wildman–Crippen LogP) is 3.03. The van der Waals surface area contributed by atoms with Crippen LogP contribution in [0.2, 0.25) is 10.0 Å². The van der Waals surface area contributed by atoms with Gasteiger partial charge in [0.1, 0.15) is 4.90 Å². The quantitative estimate of drug-likeness (QED) is 0.553. The van der Waals surface area contributed by atoms with Gasteiger partial charge >= 0.3 is 0 Å². The number of anilines is 1. The van der Waals surface area contributed by atoms with Crippen molar-refractivity contribution in [3.63, 3.8) is 0 Å². The number of halogens is 4. The van der Waals surface area contributed by atoms with Crippen LogP contribution in [0.15, 0.2) is 35.2 Å². The number of hydrogen-bond acceptors (Lipinski definition) is 5. The Hall–Kier alpha value is -1.82. The fourth-order valence-corrected chi connectivity index (χ4v) is 5.26. The van der Waals surface area contributed by atoms with Gasteiger partial charge in [-0.3, -0.25) is 4.79 Å². The monoisotopic (exact) mass is 494 g/mol. The third kappa shape index (κ3) is 5.00. The van der Waals surface area contributed by atoms with E-state index in [1.54, 1.807) is 0 Å². The number of sulfonamides is 1. The maximum Gasteiger partial charge on any atom is 0.255 e. The summed E-state index contributed by atoms with van der Waals surface area (Å²) in [5, 5.41) is 21.0. The molecule has 0 aromatic heterocycles. The fraction of sp³-hybridized carbons (Fsp3) is 0.316. The van der Waals surface area contributed by atoms with E-state index in [9.17, 15) is 32.2 Å². The molecular formula is C19H18Cl2F2N2O5S. The number of piperidine rings is 1. The molecule has 3 rings (SSSR count). The van der Waals surface area contributed by atoms with Gasteiger partial charge in [0, 0.05) is 30.4 Å². The van der Waals surface area contributed by atoms with Gasteiger partial charge in [0.25, 0.3) is 5.91 Å². The van der Waals surface area contributed by atoms with Crippen LogP contribution >= 0.6 is 23.2 Å². The van der Waals surface area contributed by atoms with Gasteiger partial charge in [0.05, 0.1) is 22.3 Å². The zero-order chi connectivity index (χ0) is 23.0. The lowest BCUT2D eigenvalue weighted by atomic mass is 9.94. The third-order valence-corrected chi connectivity index (χ3v) is 7.66. The first kappa shape index (κ1) is 23.8. The summed E-state index contributed by atoms with van der Waals surface area (Å²) in [5.74, 6) is -3.30. The lowest BCUT2D eigenvalue weighted by Crippen LogP contribution is -2.48. The van der Waals surface area contributed by atoms with Crippen LogP contribution < -0.4 is 5.32 Å². The van der Waals surface area contributed by atoms with Crippen LogP contribution in [0.4, 0.5) is 14.5 Å². The molecule has 1 fully saturated rings. The second-order valence-electron chi connectivity index (χ2n) is 7.14. The number of aliphatic hydroxyl groups excluding tert-OH is 1. The Balaban J connectivity index is 1.85. The van der Waals surface area contributed by atoms with Crippen molar-refractivity contribution in [3.8, 4) is 0 Å². The maximum absolute atomic E-state index is 13.5. The Morgan fingerprint density at radius 1 is 1.13 bits per heavy atom. The van der Waals surface area contributed by atoms with Gasteiger partial charge in [0.15, 0.2) is 11.6 Å². The molecule has 1 heterocycles. The summed E-state index contributed by atoms with van der Waals surface area (Å²) in [6, 6.07) is 5.33. The predicted molar refractivity (Wildman–Crippen MR) is 111 cm³/mol. The van der Waals surface area contributed by atoms with Gasteiger partial charge in [0.2, 0.25) is 10.0 Å². The van der Waals surface area contributed by atoms with Crippen LogP contribution in [-0.2, 0) is 10.0 Å². The van der Waals surface area contributed by atoms with E-state index in [1.165, 1.54) is 12.1 Å². The Labute approximate surface area is 187 Å². The summed E-state index contributed by atoms with van der Waals surface area (Å²) in [6.07, 6.45) is 0.0782. The second kappa shape index (κ2) is 8.97. The van der Waals surface area contributed by atoms with E-state index in [1.807, 2.05) is 0 Å². The van der Waals surface area contributed by atoms with Crippen molar-refractivity contribution < 1.29 is 32.2 Å². The zero-order valence-electron chi connectivity index (χ0n) is 15.9. The van der Waals surface area contributed by atoms with Crippen molar-refractivity contribution in [1.29, 1.82) is 0 Å². The highest BCUT2D eigenvalue weighted by Gasteiger charge is 2.37. The minimum absolute atomic E-state index is 0.0391. The van der Waals surface area contributed by atoms with Crippen molar-refractivity contribution in [2.75, 3.05) is 25.0 Å². The van der Waals surface area contributed by atoms with E-state index in [2.05, 4.69) is 5.32 Å². The first-order valence-corrected chi connectivity index (χ1v) is 11.3. The molecule has 168 valence electrons. The van der Waals surface area contributed by atoms with Gasteiger partial charge in [-0.15, -0.1) is 0 Å². The molecule has 0 radical (unpaired) electrons. The summed E-state index contributed by atoms with van der Waals surface area (Å²) >= 11 is 11.6. The molecule has 0 aliphatic carbocycles. The number of carbonyl (C=O) groups excluding carboxylic acids is 1. The average Bonchev–Trinajstić information content (AvgIpc) is 2.72. The average molecular weight is 495 g/mol. The lowest BCUT2D eigenvalue weighted by molar-refractivity contribution is -0.0480. The Kier molecular flexibility index (Phi) is 6.90. The molecule has 0 unspecified atom stereocenters. The van der Waals surface area contributed by atoms with Crippen LogP contribution in [0.3, 0.4) is 0 Å². The highest BCUT2D eigenvalue weighted by molar-refractivity contribution is 7.89. The van der Waals surface area contributed by atoms with Crippen LogP contribution in [-0.4, -0.2) is 54.1 Å². The molecule has 1 amide bonds. The number of carbonyl (C=O) groups is 1. The molecule has 31 heavy (non-hydrogen) atoms. The number of hydrogen-bond donors (Lipinski definition) is 3. The van der Waals surface area contributed by atoms with Crippen LogP contribution in [0.25, 0.3) is 0 Å². The van der Waals surface area contributed by atoms with Crippen LogP contribution in [0.1, 0.15) is 23.2 Å². The molecule has 0 saturated carbocycles. The van der Waals surface area contributed by atoms with E-state index in [0.717, 1.165) is 22.5 Å². The van der Waals surface area contributed by atoms with Crippen molar-refractivity contribution in [1.82, 2.24) is 4.31 Å². The summed E-state index contributed by atoms with van der Waals surface area (Å²) < 4.78 is 54.0. The topological polar surface area (TPSA) is 107 Å². The minimum atomic E-state index is -4.10. The Morgan fingerprint density at radius 3 is 2.35 bits per heavy atom. The van der Waals surface area contributed by atoms with E-state index >= 15 is 0 Å². The highest BCUT2D eigenvalue weighted by Crippen LogP contribution is 2.31. The van der Waals surface area contributed by atoms with Gasteiger partial charge in [-0.05, 0) is 37.1 Å². The third-order valence-electron chi connectivity index (χ3n) is 5.00. The smallest absolute Gasteiger partial charge is 0.255 e. The number of nitrogens with zero attached hydrogens (tertiary/aromatic N) is 1. The van der Waals surface area contributed by atoms with Crippen molar-refractivity contribution >= 4 is 44.8 Å². The Morgan fingerprint density at radius 2 is 1.77 bits per heavy atom. The maximum atomic E-state index is 13.5. The number of nitrogens with one attached hydrogen (secondary N) is 1. The molecule has 0 spiro atoms. The number of benzene rings is 2. The van der Waals surface area contributed by atoms with Crippen molar-refractivity contribution in [3.05, 3.63) is 57.6 Å². The lowest BCUT2D eigenvalue weighted by Gasteiger charge is -2.36. The SMILES string of the molecule is O=C(Nc1cc(F)c(F)c(Cl)c1)c1ccc(Cl)c(S(=O)(=O)N2CCC(O)(CO)CC2)c1. The molecule has 2 aromatic carbocycles. The molecule has 7 nitrogen and oxygen atoms in total. The molecule has 0 atom stereocenters. The van der Waals surface area contributed by atoms with Crippen molar-refractivity contribution in [2.24, 2.45) is 0 Å². The molecular weight excluding hydrogens is 477 g/mol. The largest absolute Gasteiger partial charge is 0.393 e. The van der Waals surface area contributed by atoms with Crippen LogP contribution in [0, 0.1) is 11.6 Å². The summed E-state index contributed by atoms with van der Waals surface area (Å²) in [4.78, 5) is 12.2. The number of aliphatic hydroxyl groups is 2. The normalized spacial score (nSPS) is 16.8. The van der Waals surface area contributed by atoms with Crippen LogP contribution in [0.5, 0.6) is 0 Å². The molecule has 1 aliphatic rings. The zero-order valence-corrected chi connectivity index (χ0v) is 18.2. The van der Waals surface area contributed by atoms with Gasteiger partial charge in [-0.2, -0.15) is 4.31 Å². The van der Waals surface area contributed by atoms with E-state index in [-0.39, 0.29) is 47.1 Å². The van der Waals surface area contributed by atoms with Gasteiger partial charge in [-0.25, -0.2) is 17.2 Å². The summed E-state index contributed by atoms with van der Waals surface area (Å²) in [7, 11) is -4.10. The minimum Gasteiger partial charge on any atom is -0.393 e. The second-order valence-corrected chi connectivity index (χ2v) is 9.86. The standard InChI is InChI=1S/C19H18Cl2F2N2O5S/c20-13-2-1-11(18(27)24-12-8-14(21)17(23)15(22)9-12)7-16(13)31(29,30)25-5-3-19(28,10-26)4-6-25/h1-2,7-9,26,28H,3-6,10H2,(H,24,27). The van der Waals surface area contributed by atoms with Gasteiger partial charge in [-0.1, -0.05) is 23.2 Å². The Bertz CT molecular complexity index is 1100. The summed E-state index contributed by atoms with van der Waals surface area (Å²) in [6.45, 7) is -0.565. The summed E-state index contributed by atoms with van der Waals surface area (Å²) in [5.41, 5.74) is -1.55. The number of amides is 1. The number of rotatable bonds is 5. The highest BCUT2D eigenvalue weighted by atomic mass is 35.5. The first-order valence-electron chi connectivity index (χ1n) is 9.06. The molecule has 3 N–H and O–H groups in total. The van der Waals surface area contributed by atoms with Gasteiger partial charge < -0.3 is 15.5 Å². The molecule has 2 aromatic rings.